The SMILES string of the molecule is COC(=O)C1(CC2=C(Cc3ccccc3)C(N3CCN(C(=O)O)[C@@H](CC#N)C3)=NC(c3cccnc3)N2[N+](=O)[O-])CCCc2ccccc21. The number of aliphatic imine (C=N–C) groups is 1. The minimum absolute atomic E-state index is 0.0318. The van der Waals surface area contributed by atoms with Crippen molar-refractivity contribution in [3.05, 3.63) is 123 Å². The average Bonchev–Trinajstić information content (AvgIpc) is 3.12. The van der Waals surface area contributed by atoms with Crippen LogP contribution >= 0.6 is 0 Å². The third kappa shape index (κ3) is 6.41. The fourth-order valence-corrected chi connectivity index (χ4v) is 7.49. The number of nitrogens with zero attached hydrogens (tertiary/aromatic N) is 7. The summed E-state index contributed by atoms with van der Waals surface area (Å²) in [5.74, 6) is -0.0106. The Kier molecular flexibility index (Phi) is 9.57. The first-order valence-electron chi connectivity index (χ1n) is 16.2. The van der Waals surface area contributed by atoms with Crippen LogP contribution in [0.25, 0.3) is 0 Å². The van der Waals surface area contributed by atoms with E-state index in [1.807, 2.05) is 59.5 Å². The van der Waals surface area contributed by atoms with Gasteiger partial charge in [-0.3, -0.25) is 9.78 Å². The number of esters is 1. The molecule has 3 aliphatic rings. The second-order valence-electron chi connectivity index (χ2n) is 12.5. The Morgan fingerprint density at radius 2 is 1.90 bits per heavy atom. The molecule has 252 valence electrons. The van der Waals surface area contributed by atoms with Crippen LogP contribution in [0.1, 0.15) is 54.1 Å². The molecule has 1 N–H and O–H groups in total. The van der Waals surface area contributed by atoms with E-state index in [0.717, 1.165) is 28.1 Å². The van der Waals surface area contributed by atoms with Crippen LogP contribution in [0.5, 0.6) is 0 Å². The molecule has 49 heavy (non-hydrogen) atoms. The van der Waals surface area contributed by atoms with Crippen molar-refractivity contribution in [1.29, 1.82) is 5.26 Å². The number of benzene rings is 2. The molecule has 3 heterocycles. The number of fused-ring (bicyclic) bond motifs is 1. The van der Waals surface area contributed by atoms with Gasteiger partial charge < -0.3 is 19.6 Å². The first kappa shape index (κ1) is 33.1. The molecule has 1 aliphatic carbocycles. The Labute approximate surface area is 283 Å². The molecule has 13 heteroatoms. The summed E-state index contributed by atoms with van der Waals surface area (Å²) in [5, 5.41) is 33.4. The molecular weight excluding hydrogens is 626 g/mol. The van der Waals surface area contributed by atoms with E-state index in [-0.39, 0.29) is 38.9 Å². The van der Waals surface area contributed by atoms with Gasteiger partial charge in [0.05, 0.1) is 36.8 Å². The zero-order valence-corrected chi connectivity index (χ0v) is 27.1. The number of hydrazine groups is 1. The van der Waals surface area contributed by atoms with Gasteiger partial charge in [0.15, 0.2) is 5.03 Å². The zero-order valence-electron chi connectivity index (χ0n) is 27.1. The summed E-state index contributed by atoms with van der Waals surface area (Å²) >= 11 is 0. The third-order valence-electron chi connectivity index (χ3n) is 9.74. The first-order valence-corrected chi connectivity index (χ1v) is 16.2. The van der Waals surface area contributed by atoms with Gasteiger partial charge in [-0.15, -0.1) is 0 Å². The number of nitro groups is 1. The van der Waals surface area contributed by atoms with Gasteiger partial charge in [-0.25, -0.2) is 19.9 Å². The number of amidine groups is 1. The van der Waals surface area contributed by atoms with Crippen LogP contribution in [0.3, 0.4) is 0 Å². The lowest BCUT2D eigenvalue weighted by molar-refractivity contribution is -0.655. The molecule has 2 unspecified atom stereocenters. The van der Waals surface area contributed by atoms with E-state index in [9.17, 15) is 30.1 Å². The van der Waals surface area contributed by atoms with E-state index in [0.29, 0.717) is 35.5 Å². The molecular formula is C36H37N7O6. The van der Waals surface area contributed by atoms with Crippen molar-refractivity contribution in [2.45, 2.75) is 56.1 Å². The lowest BCUT2D eigenvalue weighted by Crippen LogP contribution is -2.57. The molecule has 13 nitrogen and oxygen atoms in total. The van der Waals surface area contributed by atoms with Crippen molar-refractivity contribution in [1.82, 2.24) is 19.8 Å². The van der Waals surface area contributed by atoms with Crippen molar-refractivity contribution in [2.24, 2.45) is 4.99 Å². The summed E-state index contributed by atoms with van der Waals surface area (Å²) in [7, 11) is 1.34. The molecule has 3 aromatic rings. The number of hydrogen-bond acceptors (Lipinski definition) is 9. The Morgan fingerprint density at radius 3 is 2.59 bits per heavy atom. The minimum atomic E-state index is -1.22. The van der Waals surface area contributed by atoms with Crippen LogP contribution in [-0.2, 0) is 27.8 Å². The number of allylic oxidation sites excluding steroid dienone is 1. The van der Waals surface area contributed by atoms with Gasteiger partial charge in [-0.05, 0) is 42.0 Å². The Hall–Kier alpha value is -5.77. The highest BCUT2D eigenvalue weighted by atomic mass is 16.7. The predicted molar refractivity (Wildman–Crippen MR) is 178 cm³/mol. The number of carbonyl (C=O) groups is 2. The molecule has 1 fully saturated rings. The highest BCUT2D eigenvalue weighted by Gasteiger charge is 2.50. The Bertz CT molecular complexity index is 1830. The normalized spacial score (nSPS) is 22.1. The van der Waals surface area contributed by atoms with Crippen molar-refractivity contribution in [2.75, 3.05) is 26.7 Å². The third-order valence-corrected chi connectivity index (χ3v) is 9.74. The second kappa shape index (κ2) is 14.1. The second-order valence-corrected chi connectivity index (χ2v) is 12.5. The monoisotopic (exact) mass is 663 g/mol. The van der Waals surface area contributed by atoms with E-state index in [1.54, 1.807) is 18.3 Å². The molecule has 1 saturated heterocycles. The largest absolute Gasteiger partial charge is 0.468 e. The molecule has 1 amide bonds. The van der Waals surface area contributed by atoms with Gasteiger partial charge in [-0.2, -0.15) is 5.26 Å². The number of aromatic nitrogens is 1. The van der Waals surface area contributed by atoms with E-state index in [1.165, 1.54) is 18.2 Å². The Balaban J connectivity index is 1.59. The van der Waals surface area contributed by atoms with Gasteiger partial charge in [0.1, 0.15) is 5.84 Å². The van der Waals surface area contributed by atoms with Crippen molar-refractivity contribution < 1.29 is 24.5 Å². The molecule has 0 bridgehead atoms. The molecule has 2 aromatic carbocycles. The number of nitriles is 1. The highest BCUT2D eigenvalue weighted by Crippen LogP contribution is 2.47. The van der Waals surface area contributed by atoms with E-state index in [4.69, 9.17) is 9.73 Å². The van der Waals surface area contributed by atoms with Crippen molar-refractivity contribution in [3.8, 4) is 6.07 Å². The summed E-state index contributed by atoms with van der Waals surface area (Å²) in [5.41, 5.74) is 2.77. The van der Waals surface area contributed by atoms with Crippen molar-refractivity contribution >= 4 is 17.9 Å². The van der Waals surface area contributed by atoms with E-state index < -0.39 is 34.7 Å². The molecule has 1 aromatic heterocycles. The molecule has 0 spiro atoms. The van der Waals surface area contributed by atoms with Gasteiger partial charge in [-0.1, -0.05) is 65.7 Å². The Morgan fingerprint density at radius 1 is 1.12 bits per heavy atom. The molecule has 3 atom stereocenters. The lowest BCUT2D eigenvalue weighted by atomic mass is 9.66. The number of methoxy groups -OCH3 is 1. The molecule has 2 aliphatic heterocycles. The summed E-state index contributed by atoms with van der Waals surface area (Å²) in [6, 6.07) is 22.1. The molecule has 0 saturated carbocycles. The van der Waals surface area contributed by atoms with Gasteiger partial charge >= 0.3 is 12.1 Å². The summed E-state index contributed by atoms with van der Waals surface area (Å²) in [6.45, 7) is 0.528. The average molecular weight is 664 g/mol. The standard InChI is InChI=1S/C36H37N7O6/c1-49-34(44)36(16-7-12-26-11-5-6-14-30(26)36)22-31-29(21-25-9-3-2-4-10-25)33(40-19-20-41(35(45)46)28(24-40)15-17-37)39-32(42(31)43(47)48)27-13-8-18-38-23-27/h2-6,8-11,13-14,18,23,28,32H,7,12,15-16,19-22,24H2,1H3,(H,45,46)/t28-,32?,36?/m0/s1. The van der Waals surface area contributed by atoms with Crippen LogP contribution in [0.4, 0.5) is 4.79 Å². The number of hydrogen-bond donors (Lipinski definition) is 1. The number of amides is 1. The number of rotatable bonds is 8. The highest BCUT2D eigenvalue weighted by molar-refractivity contribution is 6.00. The first-order chi connectivity index (χ1) is 23.8. The fraction of sp³-hybridized carbons (Fsp3) is 0.361. The van der Waals surface area contributed by atoms with E-state index >= 15 is 0 Å². The number of pyridine rings is 1. The van der Waals surface area contributed by atoms with Crippen LogP contribution in [0.15, 0.2) is 95.4 Å². The summed E-state index contributed by atoms with van der Waals surface area (Å²) in [6.07, 6.45) is 2.92. The lowest BCUT2D eigenvalue weighted by Gasteiger charge is -2.44. The van der Waals surface area contributed by atoms with Gasteiger partial charge in [0.2, 0.25) is 6.17 Å². The van der Waals surface area contributed by atoms with Crippen LogP contribution in [0.2, 0.25) is 0 Å². The summed E-state index contributed by atoms with van der Waals surface area (Å²) < 4.78 is 5.48. The fourth-order valence-electron chi connectivity index (χ4n) is 7.49. The topological polar surface area (TPSA) is 166 Å². The van der Waals surface area contributed by atoms with Crippen LogP contribution in [-0.4, -0.2) is 80.6 Å². The number of aryl methyl sites for hydroxylation is 1. The summed E-state index contributed by atoms with van der Waals surface area (Å²) in [4.78, 5) is 51.9. The van der Waals surface area contributed by atoms with Gasteiger partial charge in [0, 0.05) is 56.0 Å². The zero-order chi connectivity index (χ0) is 34.5. The number of carboxylic acid groups (broad SMARTS) is 1. The van der Waals surface area contributed by atoms with Gasteiger partial charge in [0.25, 0.3) is 0 Å². The maximum Gasteiger partial charge on any atom is 0.407 e. The number of piperazine rings is 1. The molecule has 0 radical (unpaired) electrons. The van der Waals surface area contributed by atoms with Crippen LogP contribution < -0.4 is 0 Å². The maximum absolute atomic E-state index is 14.0. The smallest absolute Gasteiger partial charge is 0.407 e. The van der Waals surface area contributed by atoms with Crippen molar-refractivity contribution in [3.63, 3.8) is 0 Å². The molecule has 6 rings (SSSR count). The van der Waals surface area contributed by atoms with Crippen LogP contribution in [0, 0.1) is 21.4 Å². The maximum atomic E-state index is 14.0. The minimum Gasteiger partial charge on any atom is -0.468 e. The predicted octanol–water partition coefficient (Wildman–Crippen LogP) is 4.90. The van der Waals surface area contributed by atoms with E-state index in [2.05, 4.69) is 11.1 Å². The quantitative estimate of drug-likeness (QED) is 0.199. The number of ether oxygens (including phenoxy) is 1. The number of carbonyl (C=O) groups excluding carboxylic acids is 1.